The topological polar surface area (TPSA) is 121 Å². The molecule has 7 rings (SSSR count). The van der Waals surface area contributed by atoms with Crippen LogP contribution in [0.5, 0.6) is 0 Å². The van der Waals surface area contributed by atoms with Gasteiger partial charge in [0.25, 0.3) is 11.5 Å². The number of aryl methyl sites for hydroxylation is 1. The van der Waals surface area contributed by atoms with Crippen LogP contribution in [-0.2, 0) is 60.5 Å². The molecule has 2 aliphatic heterocycles. The summed E-state index contributed by atoms with van der Waals surface area (Å²) in [5.41, 5.74) is 8.40. The van der Waals surface area contributed by atoms with Gasteiger partial charge in [0.2, 0.25) is 0 Å². The smallest absolute Gasteiger partial charge is 0.302 e. The molecule has 0 fully saturated rings. The Labute approximate surface area is 248 Å². The van der Waals surface area contributed by atoms with Crippen LogP contribution in [0.1, 0.15) is 52.8 Å². The second-order valence-electron chi connectivity index (χ2n) is 11.4. The van der Waals surface area contributed by atoms with E-state index in [4.69, 9.17) is 9.47 Å². The van der Waals surface area contributed by atoms with Crippen molar-refractivity contribution in [1.29, 1.82) is 0 Å². The zero-order valence-electron chi connectivity index (χ0n) is 24.4. The van der Waals surface area contributed by atoms with Gasteiger partial charge in [0.1, 0.15) is 18.0 Å². The van der Waals surface area contributed by atoms with Gasteiger partial charge >= 0.3 is 5.97 Å². The number of amides is 1. The summed E-state index contributed by atoms with van der Waals surface area (Å²) < 4.78 is 16.8. The largest absolute Gasteiger partial charge is 0.461 e. The van der Waals surface area contributed by atoms with E-state index in [9.17, 15) is 14.4 Å². The molecule has 0 saturated heterocycles. The third-order valence-electron chi connectivity index (χ3n) is 8.59. The lowest BCUT2D eigenvalue weighted by Crippen LogP contribution is -2.36. The number of hydrogen-bond acceptors (Lipinski definition) is 7. The number of hydrogen-bond donors (Lipinski definition) is 2. The summed E-state index contributed by atoms with van der Waals surface area (Å²) in [5.74, 6) is 0.0953. The number of esters is 1. The molecule has 43 heavy (non-hydrogen) atoms. The summed E-state index contributed by atoms with van der Waals surface area (Å²) in [6.07, 6.45) is 5.77. The van der Waals surface area contributed by atoms with Crippen LogP contribution in [-0.4, -0.2) is 43.9 Å². The number of nitrogens with zero attached hydrogens (tertiary/aromatic N) is 4. The molecular formula is C32H34N6O5. The molecule has 5 heterocycles. The molecule has 0 radical (unpaired) electrons. The first-order valence-corrected chi connectivity index (χ1v) is 14.8. The lowest BCUT2D eigenvalue weighted by atomic mass is 9.87. The SMILES string of the molecule is CC(=O)OCc1c(-c2cc(Nc3cc4n(n3)CCOC4)c(=O)n(C)c2)cccc1-c1c2c(n3c1C(=O)NCC3)CCCC2. The van der Waals surface area contributed by atoms with E-state index < -0.39 is 5.97 Å². The quantitative estimate of drug-likeness (QED) is 0.333. The van der Waals surface area contributed by atoms with Crippen molar-refractivity contribution in [2.45, 2.75) is 58.9 Å². The minimum Gasteiger partial charge on any atom is -0.461 e. The Morgan fingerprint density at radius 3 is 2.81 bits per heavy atom. The second-order valence-corrected chi connectivity index (χ2v) is 11.4. The first kappa shape index (κ1) is 27.2. The van der Waals surface area contributed by atoms with Crippen molar-refractivity contribution in [2.75, 3.05) is 18.5 Å². The molecule has 4 aromatic rings. The van der Waals surface area contributed by atoms with Gasteiger partial charge in [-0.1, -0.05) is 18.2 Å². The van der Waals surface area contributed by atoms with Crippen LogP contribution in [0.2, 0.25) is 0 Å². The van der Waals surface area contributed by atoms with Gasteiger partial charge in [-0.25, -0.2) is 0 Å². The number of aromatic nitrogens is 4. The van der Waals surface area contributed by atoms with Crippen LogP contribution in [0, 0.1) is 0 Å². The predicted molar refractivity (Wildman–Crippen MR) is 160 cm³/mol. The Morgan fingerprint density at radius 2 is 1.98 bits per heavy atom. The highest BCUT2D eigenvalue weighted by molar-refractivity contribution is 6.02. The summed E-state index contributed by atoms with van der Waals surface area (Å²) in [6, 6.07) is 9.64. The first-order valence-electron chi connectivity index (χ1n) is 14.8. The van der Waals surface area contributed by atoms with Gasteiger partial charge in [0, 0.05) is 61.7 Å². The first-order chi connectivity index (χ1) is 20.9. The maximum atomic E-state index is 13.3. The highest BCUT2D eigenvalue weighted by Gasteiger charge is 2.32. The molecule has 11 heteroatoms. The number of nitrogens with one attached hydrogen (secondary N) is 2. The number of carbonyl (C=O) groups is 2. The molecule has 3 aromatic heterocycles. The molecule has 0 unspecified atom stereocenters. The molecule has 0 bridgehead atoms. The number of carbonyl (C=O) groups excluding carboxylic acids is 2. The Morgan fingerprint density at radius 1 is 1.14 bits per heavy atom. The van der Waals surface area contributed by atoms with Crippen molar-refractivity contribution >= 4 is 23.4 Å². The van der Waals surface area contributed by atoms with Crippen molar-refractivity contribution in [1.82, 2.24) is 24.2 Å². The van der Waals surface area contributed by atoms with Gasteiger partial charge in [-0.05, 0) is 48.4 Å². The van der Waals surface area contributed by atoms with Crippen molar-refractivity contribution in [3.05, 3.63) is 75.1 Å². The van der Waals surface area contributed by atoms with Crippen molar-refractivity contribution in [2.24, 2.45) is 7.05 Å². The molecule has 11 nitrogen and oxygen atoms in total. The predicted octanol–water partition coefficient (Wildman–Crippen LogP) is 3.68. The van der Waals surface area contributed by atoms with Crippen LogP contribution in [0.15, 0.2) is 41.3 Å². The minimum atomic E-state index is -0.394. The number of benzene rings is 1. The van der Waals surface area contributed by atoms with E-state index in [1.165, 1.54) is 22.7 Å². The third kappa shape index (κ3) is 4.83. The van der Waals surface area contributed by atoms with Gasteiger partial charge in [-0.2, -0.15) is 5.10 Å². The fourth-order valence-electron chi connectivity index (χ4n) is 6.67. The molecule has 2 N–H and O–H groups in total. The van der Waals surface area contributed by atoms with E-state index in [0.29, 0.717) is 43.5 Å². The Kier molecular flexibility index (Phi) is 6.89. The van der Waals surface area contributed by atoms with Gasteiger partial charge in [-0.3, -0.25) is 19.1 Å². The van der Waals surface area contributed by atoms with Crippen molar-refractivity contribution < 1.29 is 19.1 Å². The third-order valence-corrected chi connectivity index (χ3v) is 8.59. The van der Waals surface area contributed by atoms with E-state index in [2.05, 4.69) is 20.3 Å². The molecular weight excluding hydrogens is 548 g/mol. The zero-order chi connectivity index (χ0) is 29.7. The van der Waals surface area contributed by atoms with Gasteiger partial charge in [0.05, 0.1) is 25.5 Å². The molecule has 0 saturated carbocycles. The van der Waals surface area contributed by atoms with Crippen LogP contribution in [0.4, 0.5) is 11.5 Å². The molecule has 1 amide bonds. The number of pyridine rings is 1. The molecule has 1 aromatic carbocycles. The fraction of sp³-hybridized carbons (Fsp3) is 0.375. The van der Waals surface area contributed by atoms with E-state index in [1.807, 2.05) is 35.0 Å². The number of rotatable bonds is 6. The van der Waals surface area contributed by atoms with Gasteiger partial charge in [-0.15, -0.1) is 0 Å². The highest BCUT2D eigenvalue weighted by Crippen LogP contribution is 2.42. The lowest BCUT2D eigenvalue weighted by Gasteiger charge is -2.21. The van der Waals surface area contributed by atoms with Gasteiger partial charge < -0.3 is 29.2 Å². The number of fused-ring (bicyclic) bond motifs is 4. The summed E-state index contributed by atoms with van der Waals surface area (Å²) in [5, 5.41) is 10.8. The van der Waals surface area contributed by atoms with Gasteiger partial charge in [0.15, 0.2) is 5.82 Å². The van der Waals surface area contributed by atoms with E-state index in [-0.39, 0.29) is 18.1 Å². The molecule has 0 spiro atoms. The molecule has 222 valence electrons. The molecule has 1 aliphatic carbocycles. The summed E-state index contributed by atoms with van der Waals surface area (Å²) >= 11 is 0. The molecule has 0 atom stereocenters. The fourth-order valence-corrected chi connectivity index (χ4v) is 6.67. The average Bonchev–Trinajstić information content (AvgIpc) is 3.57. The normalized spacial score (nSPS) is 15.7. The maximum Gasteiger partial charge on any atom is 0.302 e. The highest BCUT2D eigenvalue weighted by atomic mass is 16.5. The standard InChI is InChI=1S/C32H34N6O5/c1-19(39)43-18-25-22(20-14-26(32(41)36(2)16-20)34-28-15-21-17-42-13-12-38(21)35-28)7-5-8-23(25)29-24-6-3-4-9-27(24)37-11-10-33-31(40)30(29)37/h5,7-8,14-16H,3-4,6,9-13,17-18H2,1-2H3,(H,33,40)(H,34,35). The summed E-state index contributed by atoms with van der Waals surface area (Å²) in [4.78, 5) is 38.6. The number of ether oxygens (including phenoxy) is 2. The van der Waals surface area contributed by atoms with E-state index in [0.717, 1.165) is 65.7 Å². The Hall–Kier alpha value is -4.64. The zero-order valence-corrected chi connectivity index (χ0v) is 24.4. The summed E-state index contributed by atoms with van der Waals surface area (Å²) in [7, 11) is 1.71. The van der Waals surface area contributed by atoms with Crippen LogP contribution in [0.25, 0.3) is 22.3 Å². The Balaban J connectivity index is 1.38. The second kappa shape index (κ2) is 10.9. The molecule has 3 aliphatic rings. The lowest BCUT2D eigenvalue weighted by molar-refractivity contribution is -0.142. The number of anilines is 2. The van der Waals surface area contributed by atoms with Crippen LogP contribution in [0.3, 0.4) is 0 Å². The van der Waals surface area contributed by atoms with E-state index >= 15 is 0 Å². The minimum absolute atomic E-state index is 0.0290. The average molecular weight is 583 g/mol. The van der Waals surface area contributed by atoms with Crippen molar-refractivity contribution in [3.63, 3.8) is 0 Å². The van der Waals surface area contributed by atoms with Crippen LogP contribution >= 0.6 is 0 Å². The van der Waals surface area contributed by atoms with Crippen LogP contribution < -0.4 is 16.2 Å². The Bertz CT molecular complexity index is 1810. The van der Waals surface area contributed by atoms with Crippen molar-refractivity contribution in [3.8, 4) is 22.3 Å². The summed E-state index contributed by atoms with van der Waals surface area (Å²) in [6.45, 7) is 4.50. The maximum absolute atomic E-state index is 13.3. The van der Waals surface area contributed by atoms with E-state index in [1.54, 1.807) is 13.2 Å². The monoisotopic (exact) mass is 582 g/mol.